The number of hydrogen-bond acceptors (Lipinski definition) is 4. The van der Waals surface area contributed by atoms with Gasteiger partial charge in [-0.1, -0.05) is 53.7 Å². The van der Waals surface area contributed by atoms with E-state index in [-0.39, 0.29) is 28.3 Å². The molecule has 0 saturated carbocycles. The molecular weight excluding hydrogens is 352 g/mol. The quantitative estimate of drug-likeness (QED) is 0.523. The Hall–Kier alpha value is -2.15. The molecule has 7 heteroatoms. The lowest BCUT2D eigenvalue weighted by molar-refractivity contribution is -0.384. The minimum absolute atomic E-state index is 0.00141. The highest BCUT2D eigenvalue weighted by Crippen LogP contribution is 2.36. The summed E-state index contributed by atoms with van der Waals surface area (Å²) in [4.78, 5) is 10.6. The van der Waals surface area contributed by atoms with E-state index in [1.54, 1.807) is 0 Å². The lowest BCUT2D eigenvalue weighted by atomic mass is 9.89. The summed E-state index contributed by atoms with van der Waals surface area (Å²) in [7, 11) is -3.93. The zero-order chi connectivity index (χ0) is 19.8. The Morgan fingerprint density at radius 3 is 1.81 bits per heavy atom. The number of aromatic nitrogens is 1. The van der Waals surface area contributed by atoms with E-state index in [2.05, 4.69) is 13.8 Å². The molecule has 0 amide bonds. The average Bonchev–Trinajstić information content (AvgIpc) is 3.04. The average molecular weight is 378 g/mol. The maximum atomic E-state index is 13.3. The minimum atomic E-state index is -3.93. The van der Waals surface area contributed by atoms with Crippen molar-refractivity contribution in [2.45, 2.75) is 64.2 Å². The van der Waals surface area contributed by atoms with E-state index >= 15 is 0 Å². The van der Waals surface area contributed by atoms with Crippen LogP contribution in [0.25, 0.3) is 0 Å². The maximum absolute atomic E-state index is 13.3. The molecule has 0 aliphatic carbocycles. The summed E-state index contributed by atoms with van der Waals surface area (Å²) in [5, 5.41) is 10.9. The monoisotopic (exact) mass is 378 g/mol. The van der Waals surface area contributed by atoms with Crippen molar-refractivity contribution in [2.24, 2.45) is 0 Å². The number of benzene rings is 1. The second-order valence-corrected chi connectivity index (χ2v) is 9.23. The fourth-order valence-electron chi connectivity index (χ4n) is 2.92. The van der Waals surface area contributed by atoms with Gasteiger partial charge in [0, 0.05) is 12.3 Å². The van der Waals surface area contributed by atoms with Crippen LogP contribution in [0.4, 0.5) is 5.69 Å². The van der Waals surface area contributed by atoms with E-state index in [0.29, 0.717) is 0 Å². The molecule has 2 aromatic rings. The van der Waals surface area contributed by atoms with Crippen molar-refractivity contribution in [1.82, 2.24) is 3.97 Å². The molecule has 0 saturated heterocycles. The second kappa shape index (κ2) is 7.23. The van der Waals surface area contributed by atoms with E-state index < -0.39 is 14.9 Å². The molecule has 0 unspecified atom stereocenters. The minimum Gasteiger partial charge on any atom is -0.258 e. The van der Waals surface area contributed by atoms with Crippen LogP contribution in [0.2, 0.25) is 0 Å². The van der Waals surface area contributed by atoms with Crippen LogP contribution in [-0.2, 0) is 10.0 Å². The van der Waals surface area contributed by atoms with Crippen LogP contribution in [0.15, 0.2) is 35.5 Å². The van der Waals surface area contributed by atoms with E-state index in [4.69, 9.17) is 0 Å². The topological polar surface area (TPSA) is 82.2 Å². The lowest BCUT2D eigenvalue weighted by Gasteiger charge is -2.22. The van der Waals surface area contributed by atoms with Crippen LogP contribution in [-0.4, -0.2) is 17.3 Å². The zero-order valence-electron chi connectivity index (χ0n) is 16.1. The predicted molar refractivity (Wildman–Crippen MR) is 102 cm³/mol. The Morgan fingerprint density at radius 2 is 1.46 bits per heavy atom. The molecule has 142 valence electrons. The second-order valence-electron chi connectivity index (χ2n) is 7.45. The fraction of sp³-hybridized carbons (Fsp3) is 0.474. The fourth-order valence-corrected chi connectivity index (χ4v) is 4.78. The number of rotatable bonds is 6. The zero-order valence-corrected chi connectivity index (χ0v) is 16.9. The van der Waals surface area contributed by atoms with Crippen molar-refractivity contribution in [3.8, 4) is 0 Å². The lowest BCUT2D eigenvalue weighted by Crippen LogP contribution is -2.18. The predicted octanol–water partition coefficient (Wildman–Crippen LogP) is 5.00. The Kier molecular flexibility index (Phi) is 5.61. The first-order valence-electron chi connectivity index (χ1n) is 8.72. The molecule has 1 heterocycles. The Balaban J connectivity index is 2.82. The summed E-state index contributed by atoms with van der Waals surface area (Å²) in [6, 6.07) is 5.10. The first kappa shape index (κ1) is 20.2. The Bertz CT molecular complexity index is 896. The highest BCUT2D eigenvalue weighted by molar-refractivity contribution is 7.90. The van der Waals surface area contributed by atoms with Gasteiger partial charge in [-0.3, -0.25) is 10.1 Å². The van der Waals surface area contributed by atoms with Crippen molar-refractivity contribution in [1.29, 1.82) is 0 Å². The molecule has 0 bridgehead atoms. The summed E-state index contributed by atoms with van der Waals surface area (Å²) in [6.07, 6.45) is 2.29. The summed E-state index contributed by atoms with van der Waals surface area (Å²) in [6.45, 7) is 12.0. The largest absolute Gasteiger partial charge is 0.288 e. The van der Waals surface area contributed by atoms with Crippen LogP contribution in [0.1, 0.15) is 76.0 Å². The van der Waals surface area contributed by atoms with Gasteiger partial charge in [-0.2, -0.15) is 0 Å². The van der Waals surface area contributed by atoms with E-state index in [1.165, 1.54) is 12.3 Å². The van der Waals surface area contributed by atoms with E-state index in [9.17, 15) is 18.5 Å². The van der Waals surface area contributed by atoms with E-state index in [0.717, 1.165) is 26.9 Å². The summed E-state index contributed by atoms with van der Waals surface area (Å²) < 4.78 is 27.6. The molecule has 0 fully saturated rings. The van der Waals surface area contributed by atoms with Crippen LogP contribution >= 0.6 is 0 Å². The van der Waals surface area contributed by atoms with Crippen molar-refractivity contribution in [3.05, 3.63) is 57.4 Å². The molecule has 1 aromatic heterocycles. The third kappa shape index (κ3) is 3.67. The van der Waals surface area contributed by atoms with Gasteiger partial charge in [-0.05, 0) is 34.4 Å². The van der Waals surface area contributed by atoms with Crippen molar-refractivity contribution < 1.29 is 13.3 Å². The third-order valence-electron chi connectivity index (χ3n) is 4.48. The summed E-state index contributed by atoms with van der Waals surface area (Å²) >= 11 is 0. The van der Waals surface area contributed by atoms with Gasteiger partial charge in [0.05, 0.1) is 16.0 Å². The molecular formula is C19H26N2O4S. The molecule has 6 nitrogen and oxygen atoms in total. The number of nitro groups is 1. The molecule has 0 aliphatic rings. The molecule has 1 aromatic carbocycles. The maximum Gasteiger partial charge on any atom is 0.288 e. The number of nitrogens with zero attached hydrogens (tertiary/aromatic N) is 2. The normalized spacial score (nSPS) is 12.3. The highest BCUT2D eigenvalue weighted by Gasteiger charge is 2.29. The highest BCUT2D eigenvalue weighted by atomic mass is 32.2. The van der Waals surface area contributed by atoms with Crippen LogP contribution in [0, 0.1) is 10.1 Å². The van der Waals surface area contributed by atoms with Crippen LogP contribution in [0.5, 0.6) is 0 Å². The van der Waals surface area contributed by atoms with Gasteiger partial charge in [0.25, 0.3) is 15.7 Å². The summed E-state index contributed by atoms with van der Waals surface area (Å²) in [5.41, 5.74) is 2.34. The first-order chi connectivity index (χ1) is 12.0. The molecule has 2 rings (SSSR count). The van der Waals surface area contributed by atoms with Gasteiger partial charge >= 0.3 is 0 Å². The van der Waals surface area contributed by atoms with Gasteiger partial charge in [-0.25, -0.2) is 12.4 Å². The standard InChI is InChI=1S/C19H26N2O4S/c1-12(2)15-9-17(13(3)4)19(18(10-15)14(5)6)26(24,25)20-8-7-16(11-20)21(22)23/h7-14H,1-6H3. The molecule has 0 spiro atoms. The van der Waals surface area contributed by atoms with Crippen molar-refractivity contribution >= 4 is 15.7 Å². The molecule has 0 atom stereocenters. The molecule has 0 N–H and O–H groups in total. The van der Waals surface area contributed by atoms with Crippen molar-refractivity contribution in [2.75, 3.05) is 0 Å². The van der Waals surface area contributed by atoms with Crippen LogP contribution < -0.4 is 0 Å². The smallest absolute Gasteiger partial charge is 0.258 e. The van der Waals surface area contributed by atoms with Gasteiger partial charge in [0.1, 0.15) is 0 Å². The third-order valence-corrected chi connectivity index (χ3v) is 6.25. The van der Waals surface area contributed by atoms with Gasteiger partial charge in [0.15, 0.2) is 0 Å². The Morgan fingerprint density at radius 1 is 0.962 bits per heavy atom. The molecule has 0 aliphatic heterocycles. The summed E-state index contributed by atoms with van der Waals surface area (Å²) in [5.74, 6) is 0.275. The van der Waals surface area contributed by atoms with Crippen LogP contribution in [0.3, 0.4) is 0 Å². The van der Waals surface area contributed by atoms with Crippen molar-refractivity contribution in [3.63, 3.8) is 0 Å². The Labute approximate surface area is 155 Å². The van der Waals surface area contributed by atoms with Gasteiger partial charge in [-0.15, -0.1) is 0 Å². The van der Waals surface area contributed by atoms with Gasteiger partial charge < -0.3 is 0 Å². The molecule has 26 heavy (non-hydrogen) atoms. The SMILES string of the molecule is CC(C)c1cc(C(C)C)c(S(=O)(=O)n2ccc([N+](=O)[O-])c2)c(C(C)C)c1. The number of hydrogen-bond donors (Lipinski definition) is 0. The molecule has 0 radical (unpaired) electrons. The van der Waals surface area contributed by atoms with E-state index in [1.807, 2.05) is 39.8 Å². The van der Waals surface area contributed by atoms with Gasteiger partial charge in [0.2, 0.25) is 0 Å². The first-order valence-corrected chi connectivity index (χ1v) is 10.2.